The molecule has 162 valence electrons. The SMILES string of the molecule is Cn1c(CCNC(=O)c2ccc(Cl)c(Cl)c2)nnc1SCC(=O)Nc1ccccc1F. The van der Waals surface area contributed by atoms with Crippen LogP contribution < -0.4 is 10.6 Å². The Morgan fingerprint density at radius 2 is 1.90 bits per heavy atom. The second-order valence-electron chi connectivity index (χ2n) is 6.41. The number of hydrogen-bond acceptors (Lipinski definition) is 5. The summed E-state index contributed by atoms with van der Waals surface area (Å²) in [4.78, 5) is 24.3. The number of amides is 2. The van der Waals surface area contributed by atoms with Crippen molar-refractivity contribution in [1.29, 1.82) is 0 Å². The summed E-state index contributed by atoms with van der Waals surface area (Å²) in [6.45, 7) is 0.337. The van der Waals surface area contributed by atoms with Crippen LogP contribution in [0.1, 0.15) is 16.2 Å². The molecule has 0 aliphatic rings. The van der Waals surface area contributed by atoms with Crippen LogP contribution in [0, 0.1) is 5.82 Å². The van der Waals surface area contributed by atoms with Crippen LogP contribution in [0.4, 0.5) is 10.1 Å². The number of thioether (sulfide) groups is 1. The molecule has 0 spiro atoms. The number of para-hydroxylation sites is 1. The standard InChI is InChI=1S/C20H18Cl2FN5O2S/c1-28-17(8-9-24-19(30)12-6-7-13(21)14(22)10-12)26-27-20(28)31-11-18(29)25-16-5-3-2-4-15(16)23/h2-7,10H,8-9,11H2,1H3,(H,24,30)(H,25,29). The molecule has 0 saturated carbocycles. The number of anilines is 1. The van der Waals surface area contributed by atoms with E-state index >= 15 is 0 Å². The molecule has 0 fully saturated rings. The van der Waals surface area contributed by atoms with Crippen LogP contribution in [0.3, 0.4) is 0 Å². The molecule has 0 atom stereocenters. The van der Waals surface area contributed by atoms with Crippen LogP contribution in [-0.4, -0.2) is 38.9 Å². The van der Waals surface area contributed by atoms with Gasteiger partial charge < -0.3 is 15.2 Å². The topological polar surface area (TPSA) is 88.9 Å². The second kappa shape index (κ2) is 10.6. The molecular weight excluding hydrogens is 464 g/mol. The van der Waals surface area contributed by atoms with Gasteiger partial charge in [0, 0.05) is 25.6 Å². The lowest BCUT2D eigenvalue weighted by Crippen LogP contribution is -2.26. The maximum atomic E-state index is 13.6. The Labute approximate surface area is 192 Å². The van der Waals surface area contributed by atoms with Gasteiger partial charge in [0.05, 0.1) is 21.5 Å². The lowest BCUT2D eigenvalue weighted by molar-refractivity contribution is -0.113. The van der Waals surface area contributed by atoms with Gasteiger partial charge in [-0.3, -0.25) is 9.59 Å². The van der Waals surface area contributed by atoms with Crippen molar-refractivity contribution < 1.29 is 14.0 Å². The number of carbonyl (C=O) groups excluding carboxylic acids is 2. The van der Waals surface area contributed by atoms with Gasteiger partial charge in [0.2, 0.25) is 5.91 Å². The fourth-order valence-corrected chi connectivity index (χ4v) is 3.62. The van der Waals surface area contributed by atoms with Crippen LogP contribution in [0.2, 0.25) is 10.0 Å². The summed E-state index contributed by atoms with van der Waals surface area (Å²) in [5, 5.41) is 14.7. The molecule has 0 saturated heterocycles. The zero-order valence-corrected chi connectivity index (χ0v) is 18.7. The number of benzene rings is 2. The minimum absolute atomic E-state index is 0.0500. The van der Waals surface area contributed by atoms with E-state index in [1.54, 1.807) is 35.9 Å². The van der Waals surface area contributed by atoms with Crippen LogP contribution in [-0.2, 0) is 18.3 Å². The first-order valence-electron chi connectivity index (χ1n) is 9.14. The number of hydrogen-bond donors (Lipinski definition) is 2. The zero-order chi connectivity index (χ0) is 22.4. The predicted molar refractivity (Wildman–Crippen MR) is 119 cm³/mol. The molecule has 3 rings (SSSR count). The molecule has 0 bridgehead atoms. The number of carbonyl (C=O) groups is 2. The van der Waals surface area contributed by atoms with Crippen molar-refractivity contribution in [2.24, 2.45) is 7.05 Å². The summed E-state index contributed by atoms with van der Waals surface area (Å²) >= 11 is 13.0. The number of halogens is 3. The Bertz CT molecular complexity index is 1110. The summed E-state index contributed by atoms with van der Waals surface area (Å²) in [6, 6.07) is 10.6. The van der Waals surface area contributed by atoms with Crippen molar-refractivity contribution in [1.82, 2.24) is 20.1 Å². The minimum Gasteiger partial charge on any atom is -0.352 e. The summed E-state index contributed by atoms with van der Waals surface area (Å²) in [7, 11) is 1.77. The Morgan fingerprint density at radius 3 is 2.65 bits per heavy atom. The van der Waals surface area contributed by atoms with E-state index in [-0.39, 0.29) is 23.3 Å². The zero-order valence-electron chi connectivity index (χ0n) is 16.4. The summed E-state index contributed by atoms with van der Waals surface area (Å²) in [6.07, 6.45) is 0.443. The average Bonchev–Trinajstić information content (AvgIpc) is 3.09. The number of aromatic nitrogens is 3. The van der Waals surface area contributed by atoms with Gasteiger partial charge >= 0.3 is 0 Å². The normalized spacial score (nSPS) is 10.7. The van der Waals surface area contributed by atoms with E-state index in [2.05, 4.69) is 20.8 Å². The van der Waals surface area contributed by atoms with Crippen molar-refractivity contribution in [3.8, 4) is 0 Å². The Morgan fingerprint density at radius 1 is 1.13 bits per heavy atom. The Hall–Kier alpha value is -2.62. The molecule has 3 aromatic rings. The third kappa shape index (κ3) is 6.19. The van der Waals surface area contributed by atoms with Gasteiger partial charge in [0.1, 0.15) is 11.6 Å². The van der Waals surface area contributed by atoms with Gasteiger partial charge in [-0.05, 0) is 30.3 Å². The third-order valence-corrected chi connectivity index (χ3v) is 5.98. The molecular formula is C20H18Cl2FN5O2S. The average molecular weight is 482 g/mol. The smallest absolute Gasteiger partial charge is 0.251 e. The Kier molecular flexibility index (Phi) is 7.89. The maximum absolute atomic E-state index is 13.6. The highest BCUT2D eigenvalue weighted by Crippen LogP contribution is 2.22. The van der Waals surface area contributed by atoms with Gasteiger partial charge in [0.25, 0.3) is 5.91 Å². The lowest BCUT2D eigenvalue weighted by atomic mass is 10.2. The molecule has 1 aromatic heterocycles. The van der Waals surface area contributed by atoms with Gasteiger partial charge in [-0.2, -0.15) is 0 Å². The van der Waals surface area contributed by atoms with Gasteiger partial charge in [-0.1, -0.05) is 47.1 Å². The van der Waals surface area contributed by atoms with E-state index in [9.17, 15) is 14.0 Å². The van der Waals surface area contributed by atoms with E-state index < -0.39 is 5.82 Å². The number of nitrogens with zero attached hydrogens (tertiary/aromatic N) is 3. The van der Waals surface area contributed by atoms with E-state index in [1.165, 1.54) is 30.0 Å². The fraction of sp³-hybridized carbons (Fsp3) is 0.200. The van der Waals surface area contributed by atoms with Crippen LogP contribution in [0.25, 0.3) is 0 Å². The quantitative estimate of drug-likeness (QED) is 0.475. The maximum Gasteiger partial charge on any atom is 0.251 e. The van der Waals surface area contributed by atoms with E-state index in [0.717, 1.165) is 0 Å². The molecule has 31 heavy (non-hydrogen) atoms. The molecule has 0 unspecified atom stereocenters. The van der Waals surface area contributed by atoms with Crippen LogP contribution in [0.15, 0.2) is 47.6 Å². The van der Waals surface area contributed by atoms with Gasteiger partial charge in [-0.15, -0.1) is 10.2 Å². The molecule has 2 aromatic carbocycles. The van der Waals surface area contributed by atoms with E-state index in [4.69, 9.17) is 23.2 Å². The molecule has 2 N–H and O–H groups in total. The third-order valence-electron chi connectivity index (χ3n) is 4.22. The summed E-state index contributed by atoms with van der Waals surface area (Å²) in [5.74, 6) is -0.432. The first-order chi connectivity index (χ1) is 14.8. The molecule has 0 aliphatic heterocycles. The van der Waals surface area contributed by atoms with Crippen LogP contribution >= 0.6 is 35.0 Å². The van der Waals surface area contributed by atoms with Crippen molar-refractivity contribution in [3.05, 3.63) is 69.7 Å². The predicted octanol–water partition coefficient (Wildman–Crippen LogP) is 3.96. The first kappa shape index (κ1) is 23.1. The highest BCUT2D eigenvalue weighted by molar-refractivity contribution is 7.99. The largest absolute Gasteiger partial charge is 0.352 e. The molecule has 2 amide bonds. The van der Waals surface area contributed by atoms with Crippen molar-refractivity contribution >= 4 is 52.5 Å². The van der Waals surface area contributed by atoms with Gasteiger partial charge in [-0.25, -0.2) is 4.39 Å². The van der Waals surface area contributed by atoms with E-state index in [1.807, 2.05) is 0 Å². The summed E-state index contributed by atoms with van der Waals surface area (Å²) in [5.41, 5.74) is 0.536. The van der Waals surface area contributed by atoms with Crippen molar-refractivity contribution in [2.75, 3.05) is 17.6 Å². The lowest BCUT2D eigenvalue weighted by Gasteiger charge is -2.07. The first-order valence-corrected chi connectivity index (χ1v) is 10.9. The second-order valence-corrected chi connectivity index (χ2v) is 8.17. The molecule has 0 aliphatic carbocycles. The van der Waals surface area contributed by atoms with Crippen LogP contribution in [0.5, 0.6) is 0 Å². The molecule has 0 radical (unpaired) electrons. The summed E-state index contributed by atoms with van der Waals surface area (Å²) < 4.78 is 15.4. The highest BCUT2D eigenvalue weighted by atomic mass is 35.5. The fourth-order valence-electron chi connectivity index (χ4n) is 2.59. The molecule has 11 heteroatoms. The molecule has 7 nitrogen and oxygen atoms in total. The monoisotopic (exact) mass is 481 g/mol. The van der Waals surface area contributed by atoms with E-state index in [0.29, 0.717) is 39.6 Å². The Balaban J connectivity index is 1.48. The molecule has 1 heterocycles. The minimum atomic E-state index is -0.496. The van der Waals surface area contributed by atoms with Gasteiger partial charge in [0.15, 0.2) is 5.16 Å². The number of nitrogens with one attached hydrogen (secondary N) is 2. The number of rotatable bonds is 8. The van der Waals surface area contributed by atoms with Crippen molar-refractivity contribution in [2.45, 2.75) is 11.6 Å². The highest BCUT2D eigenvalue weighted by Gasteiger charge is 2.13. The van der Waals surface area contributed by atoms with Crippen molar-refractivity contribution in [3.63, 3.8) is 0 Å².